The van der Waals surface area contributed by atoms with E-state index in [1.807, 2.05) is 24.3 Å². The average Bonchev–Trinajstić information content (AvgIpc) is 3.32. The molecule has 3 aromatic rings. The van der Waals surface area contributed by atoms with Crippen molar-refractivity contribution >= 4 is 34.6 Å². The van der Waals surface area contributed by atoms with Gasteiger partial charge in [0.2, 0.25) is 17.7 Å². The number of H-pyrrole nitrogens is 1. The van der Waals surface area contributed by atoms with E-state index in [0.29, 0.717) is 5.56 Å². The molecule has 0 spiro atoms. The molecule has 10 N–H and O–H groups in total. The van der Waals surface area contributed by atoms with Crippen LogP contribution in [0.1, 0.15) is 25.0 Å². The molecule has 0 aliphatic rings. The largest absolute Gasteiger partial charge is 0.508 e. The first-order valence-electron chi connectivity index (χ1n) is 13.0. The van der Waals surface area contributed by atoms with Crippen molar-refractivity contribution in [2.45, 2.75) is 63.1 Å². The zero-order chi connectivity index (χ0) is 30.3. The van der Waals surface area contributed by atoms with Crippen molar-refractivity contribution in [3.05, 3.63) is 65.9 Å². The second-order valence-electron chi connectivity index (χ2n) is 9.89. The van der Waals surface area contributed by atoms with E-state index in [2.05, 4.69) is 20.9 Å². The SMILES string of the molecule is CC(O)C(NC(=O)C(Cc1ccc(O)cc1)NC(=O)C(NC(=O)C(N)Cc1c[nH]c2ccccc12)C(C)O)C(=O)O. The maximum atomic E-state index is 13.2. The molecule has 3 amide bonds. The van der Waals surface area contributed by atoms with Crippen molar-refractivity contribution in [2.24, 2.45) is 5.73 Å². The third-order valence-electron chi connectivity index (χ3n) is 6.57. The minimum Gasteiger partial charge on any atom is -0.508 e. The number of aliphatic hydroxyl groups is 2. The van der Waals surface area contributed by atoms with Crippen LogP contribution in [0.3, 0.4) is 0 Å². The van der Waals surface area contributed by atoms with E-state index < -0.39 is 60.1 Å². The number of carboxylic acids is 1. The van der Waals surface area contributed by atoms with Crippen LogP contribution in [0.15, 0.2) is 54.7 Å². The fourth-order valence-corrected chi connectivity index (χ4v) is 4.28. The summed E-state index contributed by atoms with van der Waals surface area (Å²) in [6.07, 6.45) is -1.08. The third kappa shape index (κ3) is 8.27. The topological polar surface area (TPSA) is 227 Å². The average molecular weight is 570 g/mol. The van der Waals surface area contributed by atoms with Gasteiger partial charge in [-0.1, -0.05) is 30.3 Å². The van der Waals surface area contributed by atoms with Gasteiger partial charge in [0.05, 0.1) is 18.2 Å². The Morgan fingerprint density at radius 1 is 0.829 bits per heavy atom. The van der Waals surface area contributed by atoms with Crippen molar-refractivity contribution in [1.82, 2.24) is 20.9 Å². The predicted molar refractivity (Wildman–Crippen MR) is 149 cm³/mol. The number of carboxylic acid groups (broad SMARTS) is 1. The molecule has 13 nitrogen and oxygen atoms in total. The molecule has 1 aromatic heterocycles. The number of nitrogens with one attached hydrogen (secondary N) is 4. The molecule has 0 radical (unpaired) electrons. The molecule has 41 heavy (non-hydrogen) atoms. The second-order valence-corrected chi connectivity index (χ2v) is 9.89. The summed E-state index contributed by atoms with van der Waals surface area (Å²) in [5.41, 5.74) is 8.29. The number of carbonyl (C=O) groups excluding carboxylic acids is 3. The van der Waals surface area contributed by atoms with E-state index in [0.717, 1.165) is 16.5 Å². The zero-order valence-electron chi connectivity index (χ0n) is 22.6. The number of para-hydroxylation sites is 1. The zero-order valence-corrected chi connectivity index (χ0v) is 22.6. The number of rotatable bonds is 13. The highest BCUT2D eigenvalue weighted by atomic mass is 16.4. The number of aliphatic carboxylic acids is 1. The van der Waals surface area contributed by atoms with Crippen molar-refractivity contribution < 1.29 is 39.6 Å². The van der Waals surface area contributed by atoms with Gasteiger partial charge < -0.3 is 47.1 Å². The van der Waals surface area contributed by atoms with E-state index in [-0.39, 0.29) is 18.6 Å². The summed E-state index contributed by atoms with van der Waals surface area (Å²) >= 11 is 0. The lowest BCUT2D eigenvalue weighted by Crippen LogP contribution is -2.61. The Morgan fingerprint density at radius 3 is 2.05 bits per heavy atom. The highest BCUT2D eigenvalue weighted by molar-refractivity contribution is 5.95. The fraction of sp³-hybridized carbons (Fsp3) is 0.357. The number of nitrogens with two attached hydrogens (primary N) is 1. The van der Waals surface area contributed by atoms with Crippen LogP contribution in [-0.2, 0) is 32.0 Å². The van der Waals surface area contributed by atoms with Gasteiger partial charge in [-0.15, -0.1) is 0 Å². The van der Waals surface area contributed by atoms with Crippen molar-refractivity contribution in [2.75, 3.05) is 0 Å². The normalized spacial score (nSPS) is 15.6. The Kier molecular flexibility index (Phi) is 10.4. The minimum atomic E-state index is -1.66. The number of hydrogen-bond acceptors (Lipinski definition) is 8. The smallest absolute Gasteiger partial charge is 0.328 e. The lowest BCUT2D eigenvalue weighted by atomic mass is 10.0. The standard InChI is InChI=1S/C28H35N5O8/c1-14(34)23(32-25(37)20(29)12-17-13-30-21-6-4-3-5-19(17)21)27(39)31-22(11-16-7-9-18(36)10-8-16)26(38)33-24(15(2)35)28(40)41/h3-10,13-15,20,22-24,30,34-36H,11-12,29H2,1-2H3,(H,31,39)(H,32,37)(H,33,38)(H,40,41). The number of aromatic hydroxyl groups is 1. The number of aromatic amines is 1. The Balaban J connectivity index is 1.75. The molecule has 6 unspecified atom stereocenters. The highest BCUT2D eigenvalue weighted by Crippen LogP contribution is 2.19. The van der Waals surface area contributed by atoms with Crippen LogP contribution in [0.5, 0.6) is 5.75 Å². The highest BCUT2D eigenvalue weighted by Gasteiger charge is 2.33. The Hall–Kier alpha value is -4.46. The van der Waals surface area contributed by atoms with E-state index in [9.17, 15) is 39.6 Å². The molecule has 220 valence electrons. The van der Waals surface area contributed by atoms with E-state index in [1.165, 1.54) is 38.1 Å². The maximum absolute atomic E-state index is 13.2. The molecular formula is C28H35N5O8. The number of aliphatic hydroxyl groups excluding tert-OH is 2. The van der Waals surface area contributed by atoms with E-state index in [4.69, 9.17) is 5.73 Å². The van der Waals surface area contributed by atoms with Crippen LogP contribution < -0.4 is 21.7 Å². The number of phenolic OH excluding ortho intramolecular Hbond substituents is 1. The number of hydrogen-bond donors (Lipinski definition) is 9. The van der Waals surface area contributed by atoms with Crippen LogP contribution >= 0.6 is 0 Å². The second kappa shape index (κ2) is 13.7. The molecule has 0 aliphatic carbocycles. The van der Waals surface area contributed by atoms with Gasteiger partial charge in [0.15, 0.2) is 6.04 Å². The van der Waals surface area contributed by atoms with Gasteiger partial charge in [-0.2, -0.15) is 0 Å². The van der Waals surface area contributed by atoms with Gasteiger partial charge in [-0.3, -0.25) is 14.4 Å². The van der Waals surface area contributed by atoms with Gasteiger partial charge in [-0.05, 0) is 49.6 Å². The summed E-state index contributed by atoms with van der Waals surface area (Å²) in [4.78, 5) is 53.8. The Bertz CT molecular complexity index is 1370. The molecule has 2 aromatic carbocycles. The molecule has 0 bridgehead atoms. The monoisotopic (exact) mass is 569 g/mol. The Morgan fingerprint density at radius 2 is 1.44 bits per heavy atom. The van der Waals surface area contributed by atoms with Gasteiger partial charge in [-0.25, -0.2) is 4.79 Å². The molecule has 3 rings (SSSR count). The molecule has 0 aliphatic heterocycles. The number of amides is 3. The number of aromatic nitrogens is 1. The molecule has 13 heteroatoms. The molecule has 0 saturated heterocycles. The van der Waals surface area contributed by atoms with Crippen molar-refractivity contribution in [3.8, 4) is 5.75 Å². The Labute approximate surface area is 235 Å². The third-order valence-corrected chi connectivity index (χ3v) is 6.57. The van der Waals surface area contributed by atoms with Gasteiger partial charge in [0.1, 0.15) is 17.8 Å². The predicted octanol–water partition coefficient (Wildman–Crippen LogP) is -0.713. The lowest BCUT2D eigenvalue weighted by Gasteiger charge is -2.27. The molecule has 1 heterocycles. The number of carbonyl (C=O) groups is 4. The summed E-state index contributed by atoms with van der Waals surface area (Å²) in [5.74, 6) is -4.07. The van der Waals surface area contributed by atoms with Crippen LogP contribution in [0.2, 0.25) is 0 Å². The van der Waals surface area contributed by atoms with Crippen molar-refractivity contribution in [1.29, 1.82) is 0 Å². The first kappa shape index (κ1) is 31.1. The summed E-state index contributed by atoms with van der Waals surface area (Å²) < 4.78 is 0. The molecule has 0 saturated carbocycles. The number of benzene rings is 2. The van der Waals surface area contributed by atoms with Crippen LogP contribution in [-0.4, -0.2) is 85.5 Å². The summed E-state index contributed by atoms with van der Waals surface area (Å²) in [7, 11) is 0. The fourth-order valence-electron chi connectivity index (χ4n) is 4.28. The number of phenols is 1. The summed E-state index contributed by atoms with van der Waals surface area (Å²) in [5, 5.41) is 47.0. The van der Waals surface area contributed by atoms with Gasteiger partial charge in [0, 0.05) is 23.5 Å². The molecular weight excluding hydrogens is 534 g/mol. The van der Waals surface area contributed by atoms with E-state index in [1.54, 1.807) is 6.20 Å². The lowest BCUT2D eigenvalue weighted by molar-refractivity contribution is -0.145. The number of fused-ring (bicyclic) bond motifs is 1. The first-order valence-corrected chi connectivity index (χ1v) is 13.0. The first-order chi connectivity index (χ1) is 19.4. The summed E-state index contributed by atoms with van der Waals surface area (Å²) in [6, 6.07) is 7.62. The van der Waals surface area contributed by atoms with Crippen LogP contribution in [0, 0.1) is 0 Å². The van der Waals surface area contributed by atoms with E-state index >= 15 is 0 Å². The van der Waals surface area contributed by atoms with Crippen LogP contribution in [0.4, 0.5) is 0 Å². The minimum absolute atomic E-state index is 0.0281. The van der Waals surface area contributed by atoms with Crippen molar-refractivity contribution in [3.63, 3.8) is 0 Å². The van der Waals surface area contributed by atoms with Gasteiger partial charge >= 0.3 is 5.97 Å². The maximum Gasteiger partial charge on any atom is 0.328 e. The summed E-state index contributed by atoms with van der Waals surface area (Å²) in [6.45, 7) is 2.46. The van der Waals surface area contributed by atoms with Crippen LogP contribution in [0.25, 0.3) is 10.9 Å². The quantitative estimate of drug-likeness (QED) is 0.126. The molecule has 6 atom stereocenters. The molecule has 0 fully saturated rings. The van der Waals surface area contributed by atoms with Gasteiger partial charge in [0.25, 0.3) is 0 Å².